The fourth-order valence-electron chi connectivity index (χ4n) is 3.52. The van der Waals surface area contributed by atoms with Crippen LogP contribution in [-0.4, -0.2) is 61.7 Å². The summed E-state index contributed by atoms with van der Waals surface area (Å²) >= 11 is 1.75. The van der Waals surface area contributed by atoms with Crippen molar-refractivity contribution >= 4 is 21.2 Å². The summed E-state index contributed by atoms with van der Waals surface area (Å²) in [7, 11) is -3.10. The van der Waals surface area contributed by atoms with Gasteiger partial charge in [0, 0.05) is 17.5 Å². The lowest BCUT2D eigenvalue weighted by Gasteiger charge is -2.37. The second kappa shape index (κ2) is 7.19. The second-order valence-corrected chi connectivity index (χ2v) is 10.0. The Balaban J connectivity index is 1.65. The summed E-state index contributed by atoms with van der Waals surface area (Å²) in [4.78, 5) is 3.80. The molecule has 2 aliphatic rings. The molecular formula is C16H26N2O3S2. The Hall–Kier alpha value is -0.470. The van der Waals surface area contributed by atoms with Crippen molar-refractivity contribution in [3.8, 4) is 0 Å². The van der Waals surface area contributed by atoms with Gasteiger partial charge in [0.05, 0.1) is 23.7 Å². The average Bonchev–Trinajstić information content (AvgIpc) is 3.09. The highest BCUT2D eigenvalue weighted by Crippen LogP contribution is 2.29. The van der Waals surface area contributed by atoms with Crippen LogP contribution in [0.5, 0.6) is 0 Å². The third kappa shape index (κ3) is 4.33. The largest absolute Gasteiger partial charge is 0.390 e. The van der Waals surface area contributed by atoms with E-state index in [-0.39, 0.29) is 23.6 Å². The van der Waals surface area contributed by atoms with Crippen molar-refractivity contribution in [2.24, 2.45) is 5.92 Å². The number of aliphatic hydroxyl groups excluding tert-OH is 1. The van der Waals surface area contributed by atoms with E-state index >= 15 is 0 Å². The molecule has 130 valence electrons. The third-order valence-electron chi connectivity index (χ3n) is 5.03. The first-order valence-corrected chi connectivity index (χ1v) is 11.0. The van der Waals surface area contributed by atoms with Gasteiger partial charge in [0.15, 0.2) is 9.84 Å². The number of likely N-dealkylation sites (tertiary alicyclic amines) is 1. The molecule has 3 rings (SSSR count). The number of sulfone groups is 1. The standard InChI is InChI=1S/C16H26N2O3S2/c1-12-4-6-18(7-5-12)14(16-3-2-8-22-16)9-17-13-10-23(20,21)11-15(13)19/h2-3,8,12-15,17,19H,4-7,9-11H2,1H3/t13-,14+,15-/m0/s1. The van der Waals surface area contributed by atoms with Crippen LogP contribution in [0.3, 0.4) is 0 Å². The minimum Gasteiger partial charge on any atom is -0.390 e. The Labute approximate surface area is 142 Å². The van der Waals surface area contributed by atoms with Crippen molar-refractivity contribution in [2.45, 2.75) is 38.0 Å². The molecule has 2 fully saturated rings. The van der Waals surface area contributed by atoms with Gasteiger partial charge in [-0.2, -0.15) is 0 Å². The van der Waals surface area contributed by atoms with E-state index in [1.54, 1.807) is 11.3 Å². The first kappa shape index (κ1) is 17.4. The molecule has 3 atom stereocenters. The van der Waals surface area contributed by atoms with Crippen LogP contribution in [0.25, 0.3) is 0 Å². The van der Waals surface area contributed by atoms with E-state index in [1.165, 1.54) is 17.7 Å². The highest BCUT2D eigenvalue weighted by molar-refractivity contribution is 7.91. The van der Waals surface area contributed by atoms with Crippen LogP contribution in [0, 0.1) is 5.92 Å². The molecule has 0 aromatic carbocycles. The zero-order valence-corrected chi connectivity index (χ0v) is 15.2. The molecule has 0 aliphatic carbocycles. The average molecular weight is 359 g/mol. The van der Waals surface area contributed by atoms with Gasteiger partial charge in [-0.15, -0.1) is 11.3 Å². The lowest BCUT2D eigenvalue weighted by Crippen LogP contribution is -2.45. The van der Waals surface area contributed by atoms with Gasteiger partial charge >= 0.3 is 0 Å². The van der Waals surface area contributed by atoms with Crippen LogP contribution >= 0.6 is 11.3 Å². The van der Waals surface area contributed by atoms with E-state index < -0.39 is 15.9 Å². The zero-order valence-electron chi connectivity index (χ0n) is 13.5. The topological polar surface area (TPSA) is 69.6 Å². The molecular weight excluding hydrogens is 332 g/mol. The van der Waals surface area contributed by atoms with Crippen molar-refractivity contribution in [2.75, 3.05) is 31.1 Å². The quantitative estimate of drug-likeness (QED) is 0.830. The molecule has 0 saturated carbocycles. The summed E-state index contributed by atoms with van der Waals surface area (Å²) in [5.41, 5.74) is 0. The number of nitrogens with one attached hydrogen (secondary N) is 1. The fourth-order valence-corrected chi connectivity index (χ4v) is 6.15. The predicted molar refractivity (Wildman–Crippen MR) is 93.5 cm³/mol. The Bertz CT molecular complexity index is 595. The lowest BCUT2D eigenvalue weighted by molar-refractivity contribution is 0.123. The van der Waals surface area contributed by atoms with Gasteiger partial charge in [0.1, 0.15) is 0 Å². The molecule has 23 heavy (non-hydrogen) atoms. The van der Waals surface area contributed by atoms with Crippen molar-refractivity contribution in [3.05, 3.63) is 22.4 Å². The van der Waals surface area contributed by atoms with Gasteiger partial charge in [-0.05, 0) is 43.3 Å². The van der Waals surface area contributed by atoms with Crippen LogP contribution in [0.1, 0.15) is 30.7 Å². The maximum absolute atomic E-state index is 11.7. The van der Waals surface area contributed by atoms with Crippen LogP contribution < -0.4 is 5.32 Å². The molecule has 0 spiro atoms. The first-order valence-electron chi connectivity index (χ1n) is 8.34. The molecule has 7 heteroatoms. The van der Waals surface area contributed by atoms with Gasteiger partial charge in [-0.25, -0.2) is 8.42 Å². The molecule has 0 bridgehead atoms. The van der Waals surface area contributed by atoms with Crippen LogP contribution in [0.15, 0.2) is 17.5 Å². The molecule has 2 aliphatic heterocycles. The van der Waals surface area contributed by atoms with Crippen molar-refractivity contribution < 1.29 is 13.5 Å². The molecule has 0 radical (unpaired) electrons. The van der Waals surface area contributed by atoms with E-state index in [1.807, 2.05) is 0 Å². The van der Waals surface area contributed by atoms with Gasteiger partial charge in [-0.3, -0.25) is 4.90 Å². The minimum absolute atomic E-state index is 0.0440. The number of piperidine rings is 1. The molecule has 3 heterocycles. The van der Waals surface area contributed by atoms with Crippen molar-refractivity contribution in [1.82, 2.24) is 10.2 Å². The summed E-state index contributed by atoms with van der Waals surface area (Å²) in [5, 5.41) is 15.4. The van der Waals surface area contributed by atoms with E-state index in [2.05, 4.69) is 34.7 Å². The van der Waals surface area contributed by atoms with Gasteiger partial charge in [0.25, 0.3) is 0 Å². The SMILES string of the molecule is CC1CCN([C@H](CN[C@H]2CS(=O)(=O)C[C@@H]2O)c2cccs2)CC1. The summed E-state index contributed by atoms with van der Waals surface area (Å²) in [5.74, 6) is 0.711. The highest BCUT2D eigenvalue weighted by Gasteiger charge is 2.37. The van der Waals surface area contributed by atoms with E-state index in [0.717, 1.165) is 19.0 Å². The second-order valence-electron chi connectivity index (χ2n) is 6.91. The van der Waals surface area contributed by atoms with E-state index in [0.29, 0.717) is 6.54 Å². The normalized spacial score (nSPS) is 30.5. The maximum atomic E-state index is 11.7. The Kier molecular flexibility index (Phi) is 5.42. The minimum atomic E-state index is -3.10. The zero-order chi connectivity index (χ0) is 16.4. The predicted octanol–water partition coefficient (Wildman–Crippen LogP) is 1.27. The monoisotopic (exact) mass is 358 g/mol. The molecule has 0 unspecified atom stereocenters. The molecule has 2 saturated heterocycles. The smallest absolute Gasteiger partial charge is 0.154 e. The van der Waals surface area contributed by atoms with Gasteiger partial charge in [0.2, 0.25) is 0 Å². The number of rotatable bonds is 5. The number of hydrogen-bond acceptors (Lipinski definition) is 6. The fraction of sp³-hybridized carbons (Fsp3) is 0.750. The maximum Gasteiger partial charge on any atom is 0.154 e. The summed E-state index contributed by atoms with van der Waals surface area (Å²) in [6.07, 6.45) is 1.63. The number of hydrogen-bond donors (Lipinski definition) is 2. The van der Waals surface area contributed by atoms with Crippen LogP contribution in [0.4, 0.5) is 0 Å². The lowest BCUT2D eigenvalue weighted by atomic mass is 9.97. The van der Waals surface area contributed by atoms with Gasteiger partial charge < -0.3 is 10.4 Å². The Morgan fingerprint density at radius 2 is 2.13 bits per heavy atom. The molecule has 1 aromatic heterocycles. The molecule has 0 amide bonds. The van der Waals surface area contributed by atoms with Gasteiger partial charge in [-0.1, -0.05) is 13.0 Å². The number of thiophene rings is 1. The molecule has 5 nitrogen and oxygen atoms in total. The third-order valence-corrected chi connectivity index (χ3v) is 7.72. The highest BCUT2D eigenvalue weighted by atomic mass is 32.2. The summed E-state index contributed by atoms with van der Waals surface area (Å²) in [6.45, 7) is 5.15. The van der Waals surface area contributed by atoms with Crippen LogP contribution in [-0.2, 0) is 9.84 Å². The Morgan fingerprint density at radius 3 is 2.70 bits per heavy atom. The molecule has 1 aromatic rings. The first-order chi connectivity index (χ1) is 10.9. The van der Waals surface area contributed by atoms with Crippen molar-refractivity contribution in [1.29, 1.82) is 0 Å². The van der Waals surface area contributed by atoms with Crippen molar-refractivity contribution in [3.63, 3.8) is 0 Å². The summed E-state index contributed by atoms with van der Waals surface area (Å²) < 4.78 is 23.3. The van der Waals surface area contributed by atoms with E-state index in [4.69, 9.17) is 0 Å². The van der Waals surface area contributed by atoms with Crippen LogP contribution in [0.2, 0.25) is 0 Å². The number of aliphatic hydroxyl groups is 1. The molecule has 2 N–H and O–H groups in total. The number of nitrogens with zero attached hydrogens (tertiary/aromatic N) is 1. The summed E-state index contributed by atoms with van der Waals surface area (Å²) in [6, 6.07) is 4.13. The Morgan fingerprint density at radius 1 is 1.39 bits per heavy atom. The van der Waals surface area contributed by atoms with E-state index in [9.17, 15) is 13.5 Å².